The molecular formula is C18H11Cl2N3O2. The summed E-state index contributed by atoms with van der Waals surface area (Å²) in [7, 11) is 0. The number of nitrogens with one attached hydrogen (secondary N) is 2. The summed E-state index contributed by atoms with van der Waals surface area (Å²) in [5.74, 6) is -0.624. The van der Waals surface area contributed by atoms with E-state index in [2.05, 4.69) is 15.5 Å². The quantitative estimate of drug-likeness (QED) is 0.627. The van der Waals surface area contributed by atoms with Gasteiger partial charge >= 0.3 is 5.97 Å². The number of fused-ring (bicyclic) bond motifs is 3. The topological polar surface area (TPSA) is 67.0 Å². The van der Waals surface area contributed by atoms with Crippen LogP contribution in [0.25, 0.3) is 10.9 Å². The Balaban J connectivity index is 1.83. The van der Waals surface area contributed by atoms with Gasteiger partial charge in [-0.2, -0.15) is 5.10 Å². The molecule has 1 atom stereocenters. The van der Waals surface area contributed by atoms with Crippen molar-refractivity contribution < 1.29 is 9.53 Å². The summed E-state index contributed by atoms with van der Waals surface area (Å²) in [6, 6.07) is 9.41. The Labute approximate surface area is 152 Å². The standard InChI is InChI=1S/C18H11Cl2N3O2/c19-10-3-1-8(5-11(10)20)14-15-12(4-2-9-6-21-23-17(9)15)22-13-7-25-18(24)16(13)14/h1-6,14,22H,7H2,(H,21,23). The molecule has 0 saturated heterocycles. The number of aromatic amines is 1. The lowest BCUT2D eigenvalue weighted by Crippen LogP contribution is -2.20. The zero-order valence-corrected chi connectivity index (χ0v) is 14.3. The second kappa shape index (κ2) is 5.25. The minimum Gasteiger partial charge on any atom is -0.456 e. The second-order valence-electron chi connectivity index (χ2n) is 6.06. The van der Waals surface area contributed by atoms with Crippen LogP contribution in [0.5, 0.6) is 0 Å². The first-order valence-electron chi connectivity index (χ1n) is 7.71. The summed E-state index contributed by atoms with van der Waals surface area (Å²) < 4.78 is 5.27. The summed E-state index contributed by atoms with van der Waals surface area (Å²) in [6.07, 6.45) is 1.76. The molecule has 0 bridgehead atoms. The molecule has 0 spiro atoms. The third-order valence-electron chi connectivity index (χ3n) is 4.69. The number of hydrogen-bond donors (Lipinski definition) is 2. The molecule has 5 nitrogen and oxygen atoms in total. The lowest BCUT2D eigenvalue weighted by molar-refractivity contribution is -0.136. The minimum absolute atomic E-state index is 0.243. The molecule has 2 N–H and O–H groups in total. The Morgan fingerprint density at radius 1 is 1.16 bits per heavy atom. The van der Waals surface area contributed by atoms with Gasteiger partial charge in [0.1, 0.15) is 6.61 Å². The van der Waals surface area contributed by atoms with E-state index in [0.29, 0.717) is 15.6 Å². The lowest BCUT2D eigenvalue weighted by Gasteiger charge is -2.27. The van der Waals surface area contributed by atoms with Crippen molar-refractivity contribution in [3.05, 3.63) is 69.0 Å². The molecule has 5 rings (SSSR count). The Kier molecular flexibility index (Phi) is 3.11. The fourth-order valence-corrected chi connectivity index (χ4v) is 3.89. The molecule has 124 valence electrons. The molecular weight excluding hydrogens is 361 g/mol. The van der Waals surface area contributed by atoms with Crippen LogP contribution in [0.3, 0.4) is 0 Å². The van der Waals surface area contributed by atoms with E-state index < -0.39 is 0 Å². The number of halogens is 2. The fourth-order valence-electron chi connectivity index (χ4n) is 3.59. The first-order valence-corrected chi connectivity index (χ1v) is 8.47. The Morgan fingerprint density at radius 2 is 2.04 bits per heavy atom. The van der Waals surface area contributed by atoms with Crippen LogP contribution in [-0.2, 0) is 9.53 Å². The number of nitrogens with zero attached hydrogens (tertiary/aromatic N) is 1. The van der Waals surface area contributed by atoms with Gasteiger partial charge in [0, 0.05) is 22.6 Å². The number of esters is 1. The number of aromatic nitrogens is 2. The zero-order chi connectivity index (χ0) is 17.1. The van der Waals surface area contributed by atoms with Crippen LogP contribution < -0.4 is 5.32 Å². The first kappa shape index (κ1) is 14.8. The van der Waals surface area contributed by atoms with Gasteiger partial charge in [0.15, 0.2) is 0 Å². The van der Waals surface area contributed by atoms with Crippen molar-refractivity contribution in [3.63, 3.8) is 0 Å². The fraction of sp³-hybridized carbons (Fsp3) is 0.111. The predicted octanol–water partition coefficient (Wildman–Crippen LogP) is 4.24. The number of carbonyl (C=O) groups excluding carboxylic acids is 1. The molecule has 25 heavy (non-hydrogen) atoms. The molecule has 1 aromatic heterocycles. The van der Waals surface area contributed by atoms with E-state index >= 15 is 0 Å². The number of carbonyl (C=O) groups is 1. The Bertz CT molecular complexity index is 1090. The second-order valence-corrected chi connectivity index (χ2v) is 6.88. The first-order chi connectivity index (χ1) is 12.1. The van der Waals surface area contributed by atoms with Crippen molar-refractivity contribution in [2.24, 2.45) is 0 Å². The van der Waals surface area contributed by atoms with Gasteiger partial charge in [-0.05, 0) is 29.8 Å². The molecule has 0 fully saturated rings. The lowest BCUT2D eigenvalue weighted by atomic mass is 9.80. The predicted molar refractivity (Wildman–Crippen MR) is 96.0 cm³/mol. The third kappa shape index (κ3) is 2.09. The molecule has 7 heteroatoms. The smallest absolute Gasteiger partial charge is 0.337 e. The van der Waals surface area contributed by atoms with Crippen LogP contribution in [0.15, 0.2) is 47.8 Å². The number of hydrogen-bond acceptors (Lipinski definition) is 4. The minimum atomic E-state index is -0.319. The van der Waals surface area contributed by atoms with Crippen LogP contribution in [-0.4, -0.2) is 22.8 Å². The van der Waals surface area contributed by atoms with E-state index in [-0.39, 0.29) is 18.5 Å². The SMILES string of the molecule is O=C1OCC2=C1C(c1ccc(Cl)c(Cl)c1)c1c(ccc3cn[nH]c13)N2. The van der Waals surface area contributed by atoms with Gasteiger partial charge < -0.3 is 10.1 Å². The average molecular weight is 372 g/mol. The van der Waals surface area contributed by atoms with Gasteiger partial charge in [0.25, 0.3) is 0 Å². The molecule has 3 aromatic rings. The van der Waals surface area contributed by atoms with Gasteiger partial charge in [0.05, 0.1) is 33.0 Å². The van der Waals surface area contributed by atoms with Crippen molar-refractivity contribution in [2.75, 3.05) is 11.9 Å². The highest BCUT2D eigenvalue weighted by molar-refractivity contribution is 6.42. The number of H-pyrrole nitrogens is 1. The van der Waals surface area contributed by atoms with Crippen molar-refractivity contribution >= 4 is 45.8 Å². The molecule has 0 aliphatic carbocycles. The highest BCUT2D eigenvalue weighted by Gasteiger charge is 2.39. The summed E-state index contributed by atoms with van der Waals surface area (Å²) >= 11 is 12.3. The van der Waals surface area contributed by atoms with Gasteiger partial charge in [0.2, 0.25) is 0 Å². The Morgan fingerprint density at radius 3 is 2.88 bits per heavy atom. The van der Waals surface area contributed by atoms with Crippen LogP contribution >= 0.6 is 23.2 Å². The highest BCUT2D eigenvalue weighted by atomic mass is 35.5. The van der Waals surface area contributed by atoms with Crippen molar-refractivity contribution in [1.82, 2.24) is 10.2 Å². The normalized spacial score (nSPS) is 18.8. The van der Waals surface area contributed by atoms with E-state index in [0.717, 1.165) is 33.4 Å². The van der Waals surface area contributed by atoms with Crippen molar-refractivity contribution in [2.45, 2.75) is 5.92 Å². The summed E-state index contributed by atoms with van der Waals surface area (Å²) in [4.78, 5) is 12.4. The van der Waals surface area contributed by atoms with Crippen molar-refractivity contribution in [3.8, 4) is 0 Å². The van der Waals surface area contributed by atoms with Gasteiger partial charge in [-0.25, -0.2) is 4.79 Å². The third-order valence-corrected chi connectivity index (χ3v) is 5.43. The van der Waals surface area contributed by atoms with Crippen LogP contribution in [0.2, 0.25) is 10.0 Å². The highest BCUT2D eigenvalue weighted by Crippen LogP contribution is 2.47. The van der Waals surface area contributed by atoms with E-state index in [1.54, 1.807) is 18.3 Å². The molecule has 1 unspecified atom stereocenters. The summed E-state index contributed by atoms with van der Waals surface area (Å²) in [5.41, 5.74) is 5.02. The maximum atomic E-state index is 12.4. The molecule has 0 radical (unpaired) electrons. The monoisotopic (exact) mass is 371 g/mol. The van der Waals surface area contributed by atoms with Gasteiger partial charge in [-0.15, -0.1) is 0 Å². The van der Waals surface area contributed by atoms with Crippen LogP contribution in [0.4, 0.5) is 5.69 Å². The summed E-state index contributed by atoms with van der Waals surface area (Å²) in [5, 5.41) is 12.4. The van der Waals surface area contributed by atoms with Crippen molar-refractivity contribution in [1.29, 1.82) is 0 Å². The van der Waals surface area contributed by atoms with Crippen LogP contribution in [0.1, 0.15) is 17.0 Å². The molecule has 3 heterocycles. The van der Waals surface area contributed by atoms with Gasteiger partial charge in [-0.1, -0.05) is 29.3 Å². The van der Waals surface area contributed by atoms with Crippen LogP contribution in [0, 0.1) is 0 Å². The maximum Gasteiger partial charge on any atom is 0.337 e. The largest absolute Gasteiger partial charge is 0.456 e. The van der Waals surface area contributed by atoms with E-state index in [4.69, 9.17) is 27.9 Å². The maximum absolute atomic E-state index is 12.4. The average Bonchev–Trinajstić information content (AvgIpc) is 3.22. The molecule has 2 aliphatic rings. The molecule has 0 saturated carbocycles. The molecule has 2 aliphatic heterocycles. The number of ether oxygens (including phenoxy) is 1. The number of rotatable bonds is 1. The Hall–Kier alpha value is -2.50. The van der Waals surface area contributed by atoms with E-state index in [1.165, 1.54) is 0 Å². The number of benzene rings is 2. The number of anilines is 1. The number of cyclic esters (lactones) is 1. The molecule has 0 amide bonds. The van der Waals surface area contributed by atoms with E-state index in [1.807, 2.05) is 18.2 Å². The zero-order valence-electron chi connectivity index (χ0n) is 12.8. The van der Waals surface area contributed by atoms with E-state index in [9.17, 15) is 4.79 Å². The van der Waals surface area contributed by atoms with Gasteiger partial charge in [-0.3, -0.25) is 5.10 Å². The molecule has 2 aromatic carbocycles. The summed E-state index contributed by atoms with van der Waals surface area (Å²) in [6.45, 7) is 0.243.